The summed E-state index contributed by atoms with van der Waals surface area (Å²) in [5, 5.41) is 21.6. The Hall–Kier alpha value is -0.380. The molecule has 0 aromatic carbocycles. The Morgan fingerprint density at radius 3 is 2.70 bits per heavy atom. The number of aliphatic hydroxyl groups excluding tert-OH is 2. The Labute approximate surface area is 63.8 Å². The van der Waals surface area contributed by atoms with Crippen molar-refractivity contribution in [3.05, 3.63) is 21.9 Å². The lowest BCUT2D eigenvalue weighted by Crippen LogP contribution is -2.01. The molecule has 1 aromatic rings. The fourth-order valence-corrected chi connectivity index (χ4v) is 1.71. The van der Waals surface area contributed by atoms with E-state index in [1.54, 1.807) is 0 Å². The topological polar surface area (TPSA) is 40.5 Å². The number of hydrogen-bond donors (Lipinski definition) is 2. The van der Waals surface area contributed by atoms with Crippen LogP contribution in [0.25, 0.3) is 0 Å². The minimum Gasteiger partial charge on any atom is -0.393 e. The van der Waals surface area contributed by atoms with Gasteiger partial charge in [-0.15, -0.1) is 0 Å². The number of rotatable bonds is 2. The number of hydrogen-bond acceptors (Lipinski definition) is 3. The first kappa shape index (κ1) is 7.72. The van der Waals surface area contributed by atoms with E-state index in [0.717, 1.165) is 11.1 Å². The average molecular weight is 158 g/mol. The molecule has 1 atom stereocenters. The molecule has 10 heavy (non-hydrogen) atoms. The van der Waals surface area contributed by atoms with Crippen LogP contribution in [0.1, 0.15) is 17.2 Å². The van der Waals surface area contributed by atoms with Crippen molar-refractivity contribution in [2.24, 2.45) is 0 Å². The fourth-order valence-electron chi connectivity index (χ4n) is 0.810. The van der Waals surface area contributed by atoms with Crippen LogP contribution in [0.5, 0.6) is 0 Å². The highest BCUT2D eigenvalue weighted by molar-refractivity contribution is 7.08. The van der Waals surface area contributed by atoms with Crippen molar-refractivity contribution in [3.63, 3.8) is 0 Å². The molecular formula is C7H10O2S. The minimum absolute atomic E-state index is 0.197. The normalized spacial score (nSPS) is 13.5. The molecule has 1 heterocycles. The second-order valence-electron chi connectivity index (χ2n) is 2.21. The molecule has 0 aliphatic heterocycles. The predicted octanol–water partition coefficient (Wildman–Crippen LogP) is 1.08. The monoisotopic (exact) mass is 158 g/mol. The van der Waals surface area contributed by atoms with Gasteiger partial charge in [-0.2, -0.15) is 11.3 Å². The molecule has 0 saturated heterocycles. The summed E-state index contributed by atoms with van der Waals surface area (Å²) in [4.78, 5) is 0. The molecule has 2 nitrogen and oxygen atoms in total. The molecule has 1 rings (SSSR count). The van der Waals surface area contributed by atoms with Crippen molar-refractivity contribution in [1.29, 1.82) is 0 Å². The van der Waals surface area contributed by atoms with Gasteiger partial charge in [0.25, 0.3) is 0 Å². The second kappa shape index (κ2) is 3.14. The van der Waals surface area contributed by atoms with Crippen molar-refractivity contribution in [1.82, 2.24) is 0 Å². The highest BCUT2D eigenvalue weighted by atomic mass is 32.1. The number of aliphatic hydroxyl groups is 2. The van der Waals surface area contributed by atoms with Crippen LogP contribution >= 0.6 is 11.3 Å². The van der Waals surface area contributed by atoms with Crippen LogP contribution in [0.3, 0.4) is 0 Å². The van der Waals surface area contributed by atoms with Crippen LogP contribution in [0.15, 0.2) is 10.8 Å². The van der Waals surface area contributed by atoms with Crippen LogP contribution in [-0.2, 0) is 0 Å². The molecule has 0 amide bonds. The Morgan fingerprint density at radius 2 is 2.30 bits per heavy atom. The van der Waals surface area contributed by atoms with Gasteiger partial charge in [0, 0.05) is 0 Å². The minimum atomic E-state index is -0.703. The molecule has 0 bridgehead atoms. The second-order valence-corrected chi connectivity index (χ2v) is 2.95. The van der Waals surface area contributed by atoms with Gasteiger partial charge in [0.2, 0.25) is 0 Å². The molecule has 0 aliphatic rings. The first-order valence-electron chi connectivity index (χ1n) is 3.07. The largest absolute Gasteiger partial charge is 0.393 e. The van der Waals surface area contributed by atoms with Gasteiger partial charge >= 0.3 is 0 Å². The van der Waals surface area contributed by atoms with E-state index in [-0.39, 0.29) is 6.61 Å². The molecule has 0 radical (unpaired) electrons. The molecule has 0 spiro atoms. The highest BCUT2D eigenvalue weighted by Gasteiger charge is 2.08. The van der Waals surface area contributed by atoms with Crippen molar-refractivity contribution in [2.45, 2.75) is 13.0 Å². The summed E-state index contributed by atoms with van der Waals surface area (Å²) in [6, 6.07) is 0. The van der Waals surface area contributed by atoms with E-state index in [2.05, 4.69) is 0 Å². The summed E-state index contributed by atoms with van der Waals surface area (Å²) >= 11 is 1.54. The lowest BCUT2D eigenvalue weighted by Gasteiger charge is -2.04. The maximum absolute atomic E-state index is 9.16. The number of thiophene rings is 1. The van der Waals surface area contributed by atoms with Crippen LogP contribution in [0.2, 0.25) is 0 Å². The van der Waals surface area contributed by atoms with Crippen molar-refractivity contribution in [2.75, 3.05) is 6.61 Å². The fraction of sp³-hybridized carbons (Fsp3) is 0.429. The molecule has 0 aliphatic carbocycles. The third-order valence-electron chi connectivity index (χ3n) is 1.43. The van der Waals surface area contributed by atoms with Crippen molar-refractivity contribution >= 4 is 11.3 Å². The summed E-state index contributed by atoms with van der Waals surface area (Å²) in [7, 11) is 0. The zero-order valence-corrected chi connectivity index (χ0v) is 6.56. The molecular weight excluding hydrogens is 148 g/mol. The first-order valence-corrected chi connectivity index (χ1v) is 4.01. The molecule has 1 aromatic heterocycles. The average Bonchev–Trinajstić information content (AvgIpc) is 2.34. The lowest BCUT2D eigenvalue weighted by atomic mass is 10.1. The van der Waals surface area contributed by atoms with E-state index < -0.39 is 6.10 Å². The van der Waals surface area contributed by atoms with Gasteiger partial charge in [-0.05, 0) is 28.8 Å². The van der Waals surface area contributed by atoms with Crippen LogP contribution in [0, 0.1) is 6.92 Å². The van der Waals surface area contributed by atoms with Gasteiger partial charge in [0.15, 0.2) is 0 Å². The Kier molecular flexibility index (Phi) is 2.43. The van der Waals surface area contributed by atoms with E-state index in [1.165, 1.54) is 11.3 Å². The van der Waals surface area contributed by atoms with Gasteiger partial charge < -0.3 is 10.2 Å². The summed E-state index contributed by atoms with van der Waals surface area (Å²) in [5.41, 5.74) is 1.89. The van der Waals surface area contributed by atoms with Gasteiger partial charge in [0.05, 0.1) is 6.61 Å². The van der Waals surface area contributed by atoms with Gasteiger partial charge in [-0.25, -0.2) is 0 Å². The Morgan fingerprint density at radius 1 is 1.60 bits per heavy atom. The molecule has 56 valence electrons. The highest BCUT2D eigenvalue weighted by Crippen LogP contribution is 2.20. The summed E-state index contributed by atoms with van der Waals surface area (Å²) < 4.78 is 0. The molecule has 2 N–H and O–H groups in total. The maximum atomic E-state index is 9.16. The van der Waals surface area contributed by atoms with Crippen molar-refractivity contribution in [3.8, 4) is 0 Å². The standard InChI is InChI=1S/C7H10O2S/c1-5-3-10-4-6(5)7(9)2-8/h3-4,7-9H,2H2,1H3. The Bertz CT molecular complexity index is 207. The molecule has 0 saturated carbocycles. The van der Waals surface area contributed by atoms with Crippen LogP contribution in [0.4, 0.5) is 0 Å². The zero-order chi connectivity index (χ0) is 7.56. The summed E-state index contributed by atoms with van der Waals surface area (Å²) in [6.45, 7) is 1.72. The van der Waals surface area contributed by atoms with E-state index in [1.807, 2.05) is 17.7 Å². The van der Waals surface area contributed by atoms with Gasteiger partial charge in [-0.3, -0.25) is 0 Å². The third-order valence-corrected chi connectivity index (χ3v) is 2.31. The van der Waals surface area contributed by atoms with E-state index in [4.69, 9.17) is 10.2 Å². The van der Waals surface area contributed by atoms with Crippen LogP contribution < -0.4 is 0 Å². The van der Waals surface area contributed by atoms with E-state index in [0.29, 0.717) is 0 Å². The smallest absolute Gasteiger partial charge is 0.103 e. The van der Waals surface area contributed by atoms with E-state index in [9.17, 15) is 0 Å². The lowest BCUT2D eigenvalue weighted by molar-refractivity contribution is 0.0955. The first-order chi connectivity index (χ1) is 4.75. The molecule has 0 fully saturated rings. The SMILES string of the molecule is Cc1cscc1C(O)CO. The molecule has 1 unspecified atom stereocenters. The quantitative estimate of drug-likeness (QED) is 0.676. The third kappa shape index (κ3) is 1.37. The van der Waals surface area contributed by atoms with Crippen LogP contribution in [-0.4, -0.2) is 16.8 Å². The van der Waals surface area contributed by atoms with Crippen molar-refractivity contribution < 1.29 is 10.2 Å². The zero-order valence-electron chi connectivity index (χ0n) is 5.74. The van der Waals surface area contributed by atoms with Gasteiger partial charge in [-0.1, -0.05) is 0 Å². The molecule has 3 heteroatoms. The summed E-state index contributed by atoms with van der Waals surface area (Å²) in [5.74, 6) is 0. The Balaban J connectivity index is 2.82. The van der Waals surface area contributed by atoms with E-state index >= 15 is 0 Å². The predicted molar refractivity (Wildman–Crippen MR) is 41.1 cm³/mol. The van der Waals surface area contributed by atoms with Gasteiger partial charge in [0.1, 0.15) is 6.10 Å². The summed E-state index contributed by atoms with van der Waals surface area (Å²) in [6.07, 6.45) is -0.703. The number of aryl methyl sites for hydroxylation is 1. The maximum Gasteiger partial charge on any atom is 0.103 e.